The molecule has 0 amide bonds. The molecule has 0 aliphatic carbocycles. The lowest BCUT2D eigenvalue weighted by molar-refractivity contribution is 0.395. The van der Waals surface area contributed by atoms with Gasteiger partial charge < -0.3 is 10.0 Å². The zero-order chi connectivity index (χ0) is 8.69. The molecule has 11 heavy (non-hydrogen) atoms. The quantitative estimate of drug-likeness (QED) is 0.577. The first-order chi connectivity index (χ1) is 5.16. The molecule has 0 radical (unpaired) electrons. The van der Waals surface area contributed by atoms with Gasteiger partial charge >= 0.3 is 7.12 Å². The van der Waals surface area contributed by atoms with E-state index in [2.05, 4.69) is 13.8 Å². The maximum atomic E-state index is 8.55. The van der Waals surface area contributed by atoms with Gasteiger partial charge in [0.05, 0.1) is 0 Å². The highest BCUT2D eigenvalue weighted by molar-refractivity contribution is 6.40. The molecule has 2 N–H and O–H groups in total. The molecule has 0 aliphatic rings. The van der Waals surface area contributed by atoms with Crippen molar-refractivity contribution in [2.24, 2.45) is 5.92 Å². The molecule has 0 aromatic heterocycles. The molecule has 0 rings (SSSR count). The predicted octanol–water partition coefficient (Wildman–Crippen LogP) is 1.68. The van der Waals surface area contributed by atoms with Gasteiger partial charge in [-0.1, -0.05) is 39.5 Å². The molecule has 0 fully saturated rings. The average molecular weight is 158 g/mol. The summed E-state index contributed by atoms with van der Waals surface area (Å²) < 4.78 is 0. The second kappa shape index (κ2) is 6.68. The lowest BCUT2D eigenvalue weighted by atomic mass is 9.82. The molecule has 0 saturated heterocycles. The van der Waals surface area contributed by atoms with Crippen LogP contribution < -0.4 is 0 Å². The van der Waals surface area contributed by atoms with Crippen molar-refractivity contribution in [2.45, 2.75) is 45.9 Å². The van der Waals surface area contributed by atoms with Gasteiger partial charge in [-0.15, -0.1) is 0 Å². The first-order valence-corrected chi connectivity index (χ1v) is 4.53. The normalized spacial score (nSPS) is 13.1. The maximum Gasteiger partial charge on any atom is 0.451 e. The molecule has 0 saturated carbocycles. The zero-order valence-corrected chi connectivity index (χ0v) is 7.58. The molecular formula is C8H19BO2. The van der Waals surface area contributed by atoms with Crippen LogP contribution in [0.2, 0.25) is 6.32 Å². The summed E-state index contributed by atoms with van der Waals surface area (Å²) in [5.74, 6) is 0.735. The summed E-state index contributed by atoms with van der Waals surface area (Å²) >= 11 is 0. The molecule has 0 aromatic rings. The van der Waals surface area contributed by atoms with Crippen LogP contribution in [0.25, 0.3) is 0 Å². The maximum absolute atomic E-state index is 8.55. The zero-order valence-electron chi connectivity index (χ0n) is 7.58. The van der Waals surface area contributed by atoms with Crippen LogP contribution in [0.4, 0.5) is 0 Å². The van der Waals surface area contributed by atoms with Crippen LogP contribution in [-0.2, 0) is 0 Å². The van der Waals surface area contributed by atoms with E-state index in [1.807, 2.05) is 0 Å². The van der Waals surface area contributed by atoms with E-state index in [1.165, 1.54) is 12.8 Å². The summed E-state index contributed by atoms with van der Waals surface area (Å²) in [4.78, 5) is 0. The molecular weight excluding hydrogens is 139 g/mol. The number of hydrogen-bond acceptors (Lipinski definition) is 2. The van der Waals surface area contributed by atoms with Crippen LogP contribution in [0.5, 0.6) is 0 Å². The van der Waals surface area contributed by atoms with Gasteiger partial charge in [-0.25, -0.2) is 0 Å². The third-order valence-electron chi connectivity index (χ3n) is 1.94. The molecule has 0 bridgehead atoms. The Kier molecular flexibility index (Phi) is 6.67. The van der Waals surface area contributed by atoms with Gasteiger partial charge in [0.25, 0.3) is 0 Å². The van der Waals surface area contributed by atoms with Crippen molar-refractivity contribution in [2.75, 3.05) is 0 Å². The Hall–Kier alpha value is -0.0151. The van der Waals surface area contributed by atoms with E-state index in [1.54, 1.807) is 0 Å². The van der Waals surface area contributed by atoms with Gasteiger partial charge in [0.1, 0.15) is 0 Å². The highest BCUT2D eigenvalue weighted by Crippen LogP contribution is 2.13. The molecule has 0 spiro atoms. The lowest BCUT2D eigenvalue weighted by Gasteiger charge is -2.08. The fourth-order valence-electron chi connectivity index (χ4n) is 1.29. The Bertz CT molecular complexity index is 86.2. The summed E-state index contributed by atoms with van der Waals surface area (Å²) in [7, 11) is -1.11. The topological polar surface area (TPSA) is 40.5 Å². The summed E-state index contributed by atoms with van der Waals surface area (Å²) in [5, 5.41) is 17.1. The minimum Gasteiger partial charge on any atom is -0.427 e. The predicted molar refractivity (Wildman–Crippen MR) is 48.3 cm³/mol. The van der Waals surface area contributed by atoms with Crippen LogP contribution >= 0.6 is 0 Å². The van der Waals surface area contributed by atoms with Crippen LogP contribution in [0.3, 0.4) is 0 Å². The van der Waals surface area contributed by atoms with Gasteiger partial charge in [0, 0.05) is 0 Å². The monoisotopic (exact) mass is 158 g/mol. The number of rotatable bonds is 6. The summed E-state index contributed by atoms with van der Waals surface area (Å²) in [5.41, 5.74) is 0. The Labute approximate surface area is 69.8 Å². The molecule has 1 unspecified atom stereocenters. The van der Waals surface area contributed by atoms with Crippen LogP contribution in [0, 0.1) is 5.92 Å². The van der Waals surface area contributed by atoms with Crippen molar-refractivity contribution in [1.82, 2.24) is 0 Å². The minimum absolute atomic E-state index is 0.522. The molecule has 2 nitrogen and oxygen atoms in total. The molecule has 0 heterocycles. The highest BCUT2D eigenvalue weighted by atomic mass is 16.4. The Morgan fingerprint density at radius 3 is 2.36 bits per heavy atom. The third kappa shape index (κ3) is 7.89. The van der Waals surface area contributed by atoms with E-state index < -0.39 is 7.12 Å². The standard InChI is InChI=1S/C8H19BO2/c1-3-5-8(2)6-4-7-9(10)11/h8,10-11H,3-7H2,1-2H3. The van der Waals surface area contributed by atoms with Crippen LogP contribution in [-0.4, -0.2) is 17.2 Å². The van der Waals surface area contributed by atoms with Gasteiger partial charge in [-0.3, -0.25) is 0 Å². The summed E-state index contributed by atoms with van der Waals surface area (Å²) in [6, 6.07) is 0. The highest BCUT2D eigenvalue weighted by Gasteiger charge is 2.07. The van der Waals surface area contributed by atoms with E-state index in [-0.39, 0.29) is 0 Å². The van der Waals surface area contributed by atoms with E-state index in [9.17, 15) is 0 Å². The molecule has 0 aliphatic heterocycles. The first-order valence-electron chi connectivity index (χ1n) is 4.53. The Morgan fingerprint density at radius 1 is 1.27 bits per heavy atom. The Morgan fingerprint density at radius 2 is 1.91 bits per heavy atom. The summed E-state index contributed by atoms with van der Waals surface area (Å²) in [6.45, 7) is 4.39. The SMILES string of the molecule is CCCC(C)CCCB(O)O. The first kappa shape index (κ1) is 11.0. The van der Waals surface area contributed by atoms with Crippen molar-refractivity contribution >= 4 is 7.12 Å². The van der Waals surface area contributed by atoms with Crippen LogP contribution in [0.15, 0.2) is 0 Å². The fraction of sp³-hybridized carbons (Fsp3) is 1.00. The van der Waals surface area contributed by atoms with Crippen LogP contribution in [0.1, 0.15) is 39.5 Å². The van der Waals surface area contributed by atoms with Crippen molar-refractivity contribution in [3.8, 4) is 0 Å². The smallest absolute Gasteiger partial charge is 0.427 e. The molecule has 3 heteroatoms. The van der Waals surface area contributed by atoms with E-state index >= 15 is 0 Å². The van der Waals surface area contributed by atoms with Crippen molar-refractivity contribution in [1.29, 1.82) is 0 Å². The second-order valence-electron chi connectivity index (χ2n) is 3.31. The lowest BCUT2D eigenvalue weighted by Crippen LogP contribution is -2.10. The molecule has 1 atom stereocenters. The van der Waals surface area contributed by atoms with Gasteiger partial charge in [-0.05, 0) is 12.2 Å². The van der Waals surface area contributed by atoms with Crippen molar-refractivity contribution in [3.05, 3.63) is 0 Å². The van der Waals surface area contributed by atoms with Gasteiger partial charge in [0.2, 0.25) is 0 Å². The minimum atomic E-state index is -1.11. The summed E-state index contributed by atoms with van der Waals surface area (Å²) in [6.07, 6.45) is 5.04. The van der Waals surface area contributed by atoms with E-state index in [0.29, 0.717) is 6.32 Å². The van der Waals surface area contributed by atoms with Gasteiger partial charge in [0.15, 0.2) is 0 Å². The van der Waals surface area contributed by atoms with E-state index in [4.69, 9.17) is 10.0 Å². The van der Waals surface area contributed by atoms with Crippen molar-refractivity contribution in [3.63, 3.8) is 0 Å². The average Bonchev–Trinajstić information content (AvgIpc) is 1.87. The fourth-order valence-corrected chi connectivity index (χ4v) is 1.29. The third-order valence-corrected chi connectivity index (χ3v) is 1.94. The van der Waals surface area contributed by atoms with Gasteiger partial charge in [-0.2, -0.15) is 0 Å². The largest absolute Gasteiger partial charge is 0.451 e. The number of hydrogen-bond donors (Lipinski definition) is 2. The molecule has 0 aromatic carbocycles. The van der Waals surface area contributed by atoms with E-state index in [0.717, 1.165) is 18.8 Å². The van der Waals surface area contributed by atoms with Crippen molar-refractivity contribution < 1.29 is 10.0 Å². The molecule has 66 valence electrons. The second-order valence-corrected chi connectivity index (χ2v) is 3.31. The Balaban J connectivity index is 3.10.